The van der Waals surface area contributed by atoms with Crippen LogP contribution in [0.25, 0.3) is 11.4 Å². The number of halogens is 1. The van der Waals surface area contributed by atoms with Crippen LogP contribution in [0.3, 0.4) is 0 Å². The number of rotatable bonds is 8. The Bertz CT molecular complexity index is 1180. The van der Waals surface area contributed by atoms with Gasteiger partial charge >= 0.3 is 7.12 Å². The van der Waals surface area contributed by atoms with E-state index >= 15 is 0 Å². The van der Waals surface area contributed by atoms with Gasteiger partial charge in [-0.3, -0.25) is 0 Å². The maximum absolute atomic E-state index is 13.3. The first-order chi connectivity index (χ1) is 17.7. The standard InChI is InChI=1S/C26H33BFN5O4/c1-25(2)26(3,4)37-27(36-25)19-9-11-20(12-10-19)30-24-31-23(18-8-13-21(28)29-17-18)32-33(24)14-16-35-22-7-5-6-15-34-22/h8-13,17,22H,5-7,14-16H2,1-4H3,(H,30,31,32). The average Bonchev–Trinajstić information content (AvgIpc) is 3.37. The fourth-order valence-corrected chi connectivity index (χ4v) is 4.17. The fourth-order valence-electron chi connectivity index (χ4n) is 4.17. The van der Waals surface area contributed by atoms with Crippen LogP contribution in [-0.2, 0) is 25.3 Å². The number of pyridine rings is 1. The molecule has 1 unspecified atom stereocenters. The molecule has 11 heteroatoms. The Morgan fingerprint density at radius 2 is 1.84 bits per heavy atom. The molecule has 0 aliphatic carbocycles. The van der Waals surface area contributed by atoms with Crippen molar-refractivity contribution in [1.82, 2.24) is 19.7 Å². The Morgan fingerprint density at radius 1 is 1.08 bits per heavy atom. The van der Waals surface area contributed by atoms with Gasteiger partial charge in [-0.25, -0.2) is 9.67 Å². The van der Waals surface area contributed by atoms with Crippen molar-refractivity contribution in [3.8, 4) is 11.4 Å². The first-order valence-electron chi connectivity index (χ1n) is 12.7. The van der Waals surface area contributed by atoms with E-state index in [1.165, 1.54) is 12.3 Å². The van der Waals surface area contributed by atoms with Crippen LogP contribution in [0, 0.1) is 5.95 Å². The molecular weight excluding hydrogens is 476 g/mol. The molecule has 196 valence electrons. The molecule has 1 aromatic carbocycles. The van der Waals surface area contributed by atoms with E-state index in [-0.39, 0.29) is 6.29 Å². The van der Waals surface area contributed by atoms with E-state index in [2.05, 4.69) is 20.4 Å². The summed E-state index contributed by atoms with van der Waals surface area (Å²) in [7, 11) is -0.431. The van der Waals surface area contributed by atoms with Gasteiger partial charge in [-0.2, -0.15) is 9.37 Å². The molecule has 0 spiro atoms. The highest BCUT2D eigenvalue weighted by Gasteiger charge is 2.51. The van der Waals surface area contributed by atoms with Crippen molar-refractivity contribution in [3.05, 3.63) is 48.5 Å². The second-order valence-corrected chi connectivity index (χ2v) is 10.4. The van der Waals surface area contributed by atoms with Crippen LogP contribution in [0.2, 0.25) is 0 Å². The van der Waals surface area contributed by atoms with E-state index in [0.29, 0.717) is 30.5 Å². The number of nitrogens with zero attached hydrogens (tertiary/aromatic N) is 4. The quantitative estimate of drug-likeness (QED) is 0.359. The second-order valence-electron chi connectivity index (χ2n) is 10.4. The second kappa shape index (κ2) is 10.5. The number of benzene rings is 1. The van der Waals surface area contributed by atoms with Gasteiger partial charge in [0.05, 0.1) is 24.4 Å². The Labute approximate surface area is 216 Å². The van der Waals surface area contributed by atoms with Gasteiger partial charge in [-0.15, -0.1) is 5.10 Å². The summed E-state index contributed by atoms with van der Waals surface area (Å²) in [5.41, 5.74) is 1.58. The predicted octanol–water partition coefficient (Wildman–Crippen LogP) is 4.07. The van der Waals surface area contributed by atoms with Gasteiger partial charge in [-0.05, 0) is 76.7 Å². The van der Waals surface area contributed by atoms with Crippen LogP contribution in [0.15, 0.2) is 42.6 Å². The lowest BCUT2D eigenvalue weighted by Gasteiger charge is -2.32. The first-order valence-corrected chi connectivity index (χ1v) is 12.7. The van der Waals surface area contributed by atoms with Crippen LogP contribution >= 0.6 is 0 Å². The van der Waals surface area contributed by atoms with Crippen molar-refractivity contribution in [2.24, 2.45) is 0 Å². The zero-order valence-electron chi connectivity index (χ0n) is 21.7. The molecule has 1 N–H and O–H groups in total. The molecule has 0 amide bonds. The summed E-state index contributed by atoms with van der Waals surface area (Å²) in [5, 5.41) is 7.96. The molecule has 2 saturated heterocycles. The molecule has 0 bridgehead atoms. The van der Waals surface area contributed by atoms with Gasteiger partial charge in [-0.1, -0.05) is 12.1 Å². The molecule has 2 fully saturated rings. The molecule has 3 aromatic rings. The van der Waals surface area contributed by atoms with Gasteiger partial charge in [0.1, 0.15) is 0 Å². The monoisotopic (exact) mass is 509 g/mol. The van der Waals surface area contributed by atoms with E-state index < -0.39 is 24.3 Å². The van der Waals surface area contributed by atoms with Crippen molar-refractivity contribution < 1.29 is 23.2 Å². The van der Waals surface area contributed by atoms with E-state index in [1.54, 1.807) is 10.7 Å². The number of nitrogens with one attached hydrogen (secondary N) is 1. The Balaban J connectivity index is 1.31. The van der Waals surface area contributed by atoms with Crippen LogP contribution < -0.4 is 10.8 Å². The van der Waals surface area contributed by atoms with Gasteiger partial charge in [0, 0.05) is 24.1 Å². The summed E-state index contributed by atoms with van der Waals surface area (Å²) in [6, 6.07) is 10.7. The maximum atomic E-state index is 13.3. The largest absolute Gasteiger partial charge is 0.494 e. The Morgan fingerprint density at radius 3 is 2.49 bits per heavy atom. The number of ether oxygens (including phenoxy) is 2. The van der Waals surface area contributed by atoms with E-state index in [0.717, 1.165) is 37.0 Å². The van der Waals surface area contributed by atoms with Crippen molar-refractivity contribution in [1.29, 1.82) is 0 Å². The van der Waals surface area contributed by atoms with Crippen molar-refractivity contribution in [2.45, 2.75) is 71.0 Å². The minimum absolute atomic E-state index is 0.183. The minimum Gasteiger partial charge on any atom is -0.399 e. The van der Waals surface area contributed by atoms with Crippen LogP contribution in [-0.4, -0.2) is 57.6 Å². The summed E-state index contributed by atoms with van der Waals surface area (Å²) in [6.07, 6.45) is 4.30. The number of hydrogen-bond acceptors (Lipinski definition) is 8. The van der Waals surface area contributed by atoms with Crippen LogP contribution in [0.4, 0.5) is 16.0 Å². The van der Waals surface area contributed by atoms with Crippen LogP contribution in [0.1, 0.15) is 47.0 Å². The maximum Gasteiger partial charge on any atom is 0.494 e. The third kappa shape index (κ3) is 5.85. The highest BCUT2D eigenvalue weighted by atomic mass is 19.1. The van der Waals surface area contributed by atoms with E-state index in [9.17, 15) is 4.39 Å². The topological polar surface area (TPSA) is 92.6 Å². The van der Waals surface area contributed by atoms with Gasteiger partial charge in [0.2, 0.25) is 11.9 Å². The van der Waals surface area contributed by atoms with Crippen LogP contribution in [0.5, 0.6) is 0 Å². The summed E-state index contributed by atoms with van der Waals surface area (Å²) >= 11 is 0. The lowest BCUT2D eigenvalue weighted by Crippen LogP contribution is -2.41. The lowest BCUT2D eigenvalue weighted by atomic mass is 9.79. The predicted molar refractivity (Wildman–Crippen MR) is 138 cm³/mol. The Hall–Kier alpha value is -2.86. The number of hydrogen-bond donors (Lipinski definition) is 1. The van der Waals surface area contributed by atoms with E-state index in [1.807, 2.05) is 52.0 Å². The Kier molecular flexibility index (Phi) is 7.31. The molecule has 2 aliphatic rings. The number of aromatic nitrogens is 4. The summed E-state index contributed by atoms with van der Waals surface area (Å²) in [6.45, 7) is 9.76. The molecule has 5 rings (SSSR count). The summed E-state index contributed by atoms with van der Waals surface area (Å²) in [4.78, 5) is 8.38. The molecule has 37 heavy (non-hydrogen) atoms. The van der Waals surface area contributed by atoms with Gasteiger partial charge in [0.25, 0.3) is 0 Å². The molecule has 0 radical (unpaired) electrons. The molecule has 2 aliphatic heterocycles. The SMILES string of the molecule is CC1(C)OB(c2ccc(Nc3nc(-c4ccc(F)nc4)nn3CCOC3CCCCO3)cc2)OC1(C)C. The zero-order valence-corrected chi connectivity index (χ0v) is 21.7. The van der Waals surface area contributed by atoms with Gasteiger partial charge < -0.3 is 24.1 Å². The fraction of sp³-hybridized carbons (Fsp3) is 0.500. The van der Waals surface area contributed by atoms with Crippen molar-refractivity contribution >= 4 is 24.2 Å². The molecule has 4 heterocycles. The molecule has 1 atom stereocenters. The first kappa shape index (κ1) is 25.8. The van der Waals surface area contributed by atoms with E-state index in [4.69, 9.17) is 18.8 Å². The third-order valence-electron chi connectivity index (χ3n) is 7.09. The molecule has 9 nitrogen and oxygen atoms in total. The highest BCUT2D eigenvalue weighted by Crippen LogP contribution is 2.36. The third-order valence-corrected chi connectivity index (χ3v) is 7.09. The normalized spacial score (nSPS) is 20.8. The van der Waals surface area contributed by atoms with Crippen molar-refractivity contribution in [2.75, 3.05) is 18.5 Å². The number of anilines is 2. The van der Waals surface area contributed by atoms with Gasteiger partial charge in [0.15, 0.2) is 12.1 Å². The molecule has 0 saturated carbocycles. The minimum atomic E-state index is -0.551. The average molecular weight is 509 g/mol. The smallest absolute Gasteiger partial charge is 0.399 e. The lowest BCUT2D eigenvalue weighted by molar-refractivity contribution is -0.163. The molecule has 2 aromatic heterocycles. The molecular formula is C26H33BFN5O4. The highest BCUT2D eigenvalue weighted by molar-refractivity contribution is 6.62. The zero-order chi connectivity index (χ0) is 26.0. The van der Waals surface area contributed by atoms with Crippen molar-refractivity contribution in [3.63, 3.8) is 0 Å². The summed E-state index contributed by atoms with van der Waals surface area (Å²) in [5.74, 6) is 0.429. The summed E-state index contributed by atoms with van der Waals surface area (Å²) < 4.78 is 38.9.